The summed E-state index contributed by atoms with van der Waals surface area (Å²) in [4.78, 5) is 55.6. The number of aromatic amines is 1. The standard InChI is InChI=1S/C22H31N2O13P3/c1-2-10-33-38(27,28)36-40(31,32)37-39(29,30)34-14-19-17-12-16(11-15-6-4-3-5-7-15)13-18(17)21(35-19)24-9-8-20(25)23-22(24)26/h3-9,16-19,21H,2,10-14H2,1H3,(H,27,28)(H,29,30)(H,31,32)(H,23,25,26)/t16?,17?,18-,19+,21+/m0/s1. The fourth-order valence-electron chi connectivity index (χ4n) is 5.23. The number of fused-ring (bicyclic) bond motifs is 1. The molecule has 2 aliphatic rings. The predicted octanol–water partition coefficient (Wildman–Crippen LogP) is 3.10. The Balaban J connectivity index is 1.47. The van der Waals surface area contributed by atoms with E-state index in [0.717, 1.165) is 12.0 Å². The Morgan fingerprint density at radius 2 is 1.60 bits per heavy atom. The molecule has 0 amide bonds. The summed E-state index contributed by atoms with van der Waals surface area (Å²) in [5.74, 6) is -0.266. The van der Waals surface area contributed by atoms with Crippen LogP contribution in [0.15, 0.2) is 52.2 Å². The van der Waals surface area contributed by atoms with E-state index in [0.29, 0.717) is 12.8 Å². The van der Waals surface area contributed by atoms with E-state index in [1.807, 2.05) is 30.3 Å². The highest BCUT2D eigenvalue weighted by molar-refractivity contribution is 7.66. The Bertz CT molecular complexity index is 1430. The molecule has 2 aromatic rings. The quantitative estimate of drug-likeness (QED) is 0.236. The van der Waals surface area contributed by atoms with Gasteiger partial charge < -0.3 is 19.4 Å². The molecule has 0 spiro atoms. The van der Waals surface area contributed by atoms with Crippen molar-refractivity contribution in [3.05, 3.63) is 69.0 Å². The fourth-order valence-corrected chi connectivity index (χ4v) is 8.83. The lowest BCUT2D eigenvalue weighted by Gasteiger charge is -2.22. The number of ether oxygens (including phenoxy) is 1. The monoisotopic (exact) mass is 624 g/mol. The summed E-state index contributed by atoms with van der Waals surface area (Å²) < 4.78 is 61.2. The van der Waals surface area contributed by atoms with E-state index in [9.17, 15) is 38.0 Å². The fraction of sp³-hybridized carbons (Fsp3) is 0.545. The summed E-state index contributed by atoms with van der Waals surface area (Å²) in [6.45, 7) is 0.741. The number of hydrogen-bond donors (Lipinski definition) is 4. The summed E-state index contributed by atoms with van der Waals surface area (Å²) in [6.07, 6.45) is 1.98. The highest BCUT2D eigenvalue weighted by atomic mass is 31.3. The zero-order valence-electron chi connectivity index (χ0n) is 21.4. The van der Waals surface area contributed by atoms with Crippen molar-refractivity contribution in [3.63, 3.8) is 0 Å². The molecule has 1 aliphatic heterocycles. The van der Waals surface area contributed by atoms with E-state index in [-0.39, 0.29) is 30.8 Å². The van der Waals surface area contributed by atoms with Crippen LogP contribution in [0, 0.1) is 17.8 Å². The molecule has 1 aliphatic carbocycles. The maximum Gasteiger partial charge on any atom is 0.490 e. The minimum Gasteiger partial charge on any atom is -0.352 e. The van der Waals surface area contributed by atoms with Gasteiger partial charge >= 0.3 is 29.2 Å². The first kappa shape index (κ1) is 31.2. The SMILES string of the molecule is CCCOP(=O)(O)OP(=O)(O)OP(=O)(O)OC[C@H]1O[C@@H](n2ccc(=O)[nH]c2=O)[C@H]2CC(Cc3ccccc3)CC12. The van der Waals surface area contributed by atoms with E-state index >= 15 is 0 Å². The van der Waals surface area contributed by atoms with Gasteiger partial charge in [-0.05, 0) is 43.1 Å². The molecule has 15 nitrogen and oxygen atoms in total. The number of phosphoric ester groups is 2. The van der Waals surface area contributed by atoms with Gasteiger partial charge in [0.25, 0.3) is 5.56 Å². The van der Waals surface area contributed by atoms with Gasteiger partial charge in [0.2, 0.25) is 0 Å². The molecule has 18 heteroatoms. The Morgan fingerprint density at radius 1 is 0.950 bits per heavy atom. The highest BCUT2D eigenvalue weighted by Gasteiger charge is 2.52. The van der Waals surface area contributed by atoms with E-state index in [2.05, 4.69) is 18.1 Å². The first-order chi connectivity index (χ1) is 18.8. The third kappa shape index (κ3) is 8.18. The molecule has 0 bridgehead atoms. The van der Waals surface area contributed by atoms with Gasteiger partial charge in [-0.1, -0.05) is 37.3 Å². The third-order valence-electron chi connectivity index (χ3n) is 6.68. The molecule has 2 fully saturated rings. The molecule has 40 heavy (non-hydrogen) atoms. The van der Waals surface area contributed by atoms with Crippen LogP contribution in [0.5, 0.6) is 0 Å². The Kier molecular flexibility index (Phi) is 9.87. The van der Waals surface area contributed by atoms with Crippen LogP contribution >= 0.6 is 23.5 Å². The van der Waals surface area contributed by atoms with Crippen molar-refractivity contribution < 1.29 is 50.8 Å². The molecule has 8 atom stereocenters. The predicted molar refractivity (Wildman–Crippen MR) is 139 cm³/mol. The van der Waals surface area contributed by atoms with Crippen LogP contribution < -0.4 is 11.2 Å². The van der Waals surface area contributed by atoms with Crippen molar-refractivity contribution in [1.29, 1.82) is 0 Å². The lowest BCUT2D eigenvalue weighted by molar-refractivity contribution is -0.0454. The zero-order valence-corrected chi connectivity index (χ0v) is 24.1. The van der Waals surface area contributed by atoms with Crippen LogP contribution in [0.25, 0.3) is 0 Å². The second kappa shape index (κ2) is 12.6. The van der Waals surface area contributed by atoms with E-state index < -0.39 is 53.7 Å². The molecule has 5 unspecified atom stereocenters. The number of benzene rings is 1. The number of aromatic nitrogens is 2. The molecule has 1 saturated heterocycles. The molecule has 4 N–H and O–H groups in total. The zero-order chi connectivity index (χ0) is 29.1. The number of H-pyrrole nitrogens is 1. The number of rotatable bonds is 13. The lowest BCUT2D eigenvalue weighted by atomic mass is 9.93. The van der Waals surface area contributed by atoms with Crippen LogP contribution in [-0.4, -0.2) is 43.5 Å². The molecule has 1 aromatic carbocycles. The van der Waals surface area contributed by atoms with Crippen LogP contribution in [-0.2, 0) is 42.5 Å². The summed E-state index contributed by atoms with van der Waals surface area (Å²) >= 11 is 0. The number of nitrogens with one attached hydrogen (secondary N) is 1. The minimum absolute atomic E-state index is 0.190. The van der Waals surface area contributed by atoms with Crippen molar-refractivity contribution >= 4 is 23.5 Å². The third-order valence-corrected chi connectivity index (χ3v) is 11.0. The van der Waals surface area contributed by atoms with Gasteiger partial charge in [0, 0.05) is 18.2 Å². The number of hydrogen-bond acceptors (Lipinski definition) is 10. The highest BCUT2D eigenvalue weighted by Crippen LogP contribution is 2.68. The smallest absolute Gasteiger partial charge is 0.352 e. The minimum atomic E-state index is -5.58. The topological polar surface area (TPSA) is 213 Å². The van der Waals surface area contributed by atoms with Gasteiger partial charge in [-0.3, -0.25) is 23.4 Å². The number of nitrogens with zero attached hydrogens (tertiary/aromatic N) is 1. The summed E-state index contributed by atoms with van der Waals surface area (Å²) in [6, 6.07) is 11.0. The molecular weight excluding hydrogens is 593 g/mol. The first-order valence-corrected chi connectivity index (χ1v) is 17.0. The van der Waals surface area contributed by atoms with Crippen molar-refractivity contribution in [3.8, 4) is 0 Å². The van der Waals surface area contributed by atoms with Crippen molar-refractivity contribution in [2.45, 2.75) is 44.9 Å². The Morgan fingerprint density at radius 3 is 2.25 bits per heavy atom. The van der Waals surface area contributed by atoms with Gasteiger partial charge in [0.05, 0.1) is 19.3 Å². The van der Waals surface area contributed by atoms with Gasteiger partial charge in [-0.25, -0.2) is 18.5 Å². The van der Waals surface area contributed by atoms with Gasteiger partial charge in [0.1, 0.15) is 6.23 Å². The average molecular weight is 624 g/mol. The summed E-state index contributed by atoms with van der Waals surface area (Å²) in [5, 5.41) is 0. The van der Waals surface area contributed by atoms with E-state index in [1.54, 1.807) is 6.92 Å². The number of phosphoric acid groups is 3. The molecule has 4 rings (SSSR count). The van der Waals surface area contributed by atoms with Crippen LogP contribution in [0.1, 0.15) is 38.0 Å². The maximum atomic E-state index is 12.5. The van der Waals surface area contributed by atoms with Gasteiger partial charge in [0.15, 0.2) is 0 Å². The molecule has 2 heterocycles. The molecule has 0 radical (unpaired) electrons. The van der Waals surface area contributed by atoms with Crippen LogP contribution in [0.4, 0.5) is 0 Å². The molecular formula is C22H31N2O13P3. The second-order valence-electron chi connectivity index (χ2n) is 9.64. The van der Waals surface area contributed by atoms with Crippen LogP contribution in [0.3, 0.4) is 0 Å². The second-order valence-corrected chi connectivity index (χ2v) is 14.3. The normalized spacial score (nSPS) is 28.9. The molecule has 222 valence electrons. The van der Waals surface area contributed by atoms with Crippen LogP contribution in [0.2, 0.25) is 0 Å². The lowest BCUT2D eigenvalue weighted by Crippen LogP contribution is -2.33. The van der Waals surface area contributed by atoms with E-state index in [4.69, 9.17) is 9.26 Å². The maximum absolute atomic E-state index is 12.5. The molecule has 1 aromatic heterocycles. The molecule has 1 saturated carbocycles. The van der Waals surface area contributed by atoms with Crippen molar-refractivity contribution in [2.24, 2.45) is 17.8 Å². The van der Waals surface area contributed by atoms with Gasteiger partial charge in [-0.2, -0.15) is 8.62 Å². The summed E-state index contributed by atoms with van der Waals surface area (Å²) in [7, 11) is -16.0. The Labute approximate surface area is 228 Å². The largest absolute Gasteiger partial charge is 0.490 e. The van der Waals surface area contributed by atoms with Crippen molar-refractivity contribution in [1.82, 2.24) is 9.55 Å². The average Bonchev–Trinajstić information content (AvgIpc) is 3.40. The Hall–Kier alpha value is -1.73. The summed E-state index contributed by atoms with van der Waals surface area (Å²) in [5.41, 5.74) is -0.141. The van der Waals surface area contributed by atoms with Crippen molar-refractivity contribution in [2.75, 3.05) is 13.2 Å². The van der Waals surface area contributed by atoms with Gasteiger partial charge in [-0.15, -0.1) is 0 Å². The van der Waals surface area contributed by atoms with E-state index in [1.165, 1.54) is 16.8 Å². The first-order valence-electron chi connectivity index (χ1n) is 12.5.